The number of aromatic nitrogens is 2. The second kappa shape index (κ2) is 4.90. The van der Waals surface area contributed by atoms with Gasteiger partial charge in [0, 0.05) is 11.3 Å². The van der Waals surface area contributed by atoms with Crippen LogP contribution in [0.2, 0.25) is 0 Å². The van der Waals surface area contributed by atoms with Crippen molar-refractivity contribution in [2.45, 2.75) is 20.0 Å². The fourth-order valence-electron chi connectivity index (χ4n) is 1.97. The highest BCUT2D eigenvalue weighted by Gasteiger charge is 2.31. The Labute approximate surface area is 119 Å². The molecule has 106 valence electrons. The third-order valence-corrected chi connectivity index (χ3v) is 3.05. The van der Waals surface area contributed by atoms with Crippen molar-refractivity contribution in [2.75, 3.05) is 0 Å². The smallest absolute Gasteiger partial charge is 0.389 e. The maximum Gasteiger partial charge on any atom is 0.416 e. The molecule has 0 bridgehead atoms. The lowest BCUT2D eigenvalue weighted by atomic mass is 10.1. The highest BCUT2D eigenvalue weighted by atomic mass is 32.1. The van der Waals surface area contributed by atoms with Crippen LogP contribution < -0.4 is 5.73 Å². The molecule has 3 nitrogen and oxygen atoms in total. The summed E-state index contributed by atoms with van der Waals surface area (Å²) in [5.74, 6) is 0. The topological polar surface area (TPSA) is 43.8 Å². The molecule has 2 N–H and O–H groups in total. The standard InChI is InChI=1S/C13H12F3N3S/c1-7-5-8(2)19(18-7)11-4-3-9(13(14,15)16)6-10(11)12(17)20/h3-6H,1-2H3,(H2,17,20). The Morgan fingerprint density at radius 2 is 1.90 bits per heavy atom. The van der Waals surface area contributed by atoms with Gasteiger partial charge in [0.1, 0.15) is 4.99 Å². The van der Waals surface area contributed by atoms with E-state index >= 15 is 0 Å². The summed E-state index contributed by atoms with van der Waals surface area (Å²) in [6.45, 7) is 3.61. The largest absolute Gasteiger partial charge is 0.416 e. The van der Waals surface area contributed by atoms with E-state index in [1.165, 1.54) is 10.7 Å². The molecule has 1 aromatic heterocycles. The van der Waals surface area contributed by atoms with Gasteiger partial charge < -0.3 is 5.73 Å². The fourth-order valence-corrected chi connectivity index (χ4v) is 2.13. The Bertz CT molecular complexity index is 674. The summed E-state index contributed by atoms with van der Waals surface area (Å²) in [5.41, 5.74) is 6.90. The Morgan fingerprint density at radius 1 is 1.25 bits per heavy atom. The molecule has 0 aliphatic carbocycles. The van der Waals surface area contributed by atoms with Gasteiger partial charge in [-0.3, -0.25) is 0 Å². The van der Waals surface area contributed by atoms with Crippen molar-refractivity contribution in [2.24, 2.45) is 5.73 Å². The van der Waals surface area contributed by atoms with Gasteiger partial charge in [0.25, 0.3) is 0 Å². The lowest BCUT2D eigenvalue weighted by Gasteiger charge is -2.13. The second-order valence-corrected chi connectivity index (χ2v) is 4.87. The quantitative estimate of drug-likeness (QED) is 0.866. The molecule has 0 amide bonds. The third kappa shape index (κ3) is 2.67. The van der Waals surface area contributed by atoms with Crippen molar-refractivity contribution in [3.63, 3.8) is 0 Å². The lowest BCUT2D eigenvalue weighted by Crippen LogP contribution is -2.17. The molecule has 0 radical (unpaired) electrons. The summed E-state index contributed by atoms with van der Waals surface area (Å²) in [6, 6.07) is 5.10. The number of benzene rings is 1. The van der Waals surface area contributed by atoms with Gasteiger partial charge in [-0.15, -0.1) is 0 Å². The Balaban J connectivity index is 2.65. The minimum atomic E-state index is -4.44. The number of rotatable bonds is 2. The molecular weight excluding hydrogens is 287 g/mol. The Hall–Kier alpha value is -1.89. The molecule has 0 atom stereocenters. The summed E-state index contributed by atoms with van der Waals surface area (Å²) in [6.07, 6.45) is -4.44. The molecule has 0 fully saturated rings. The third-order valence-electron chi connectivity index (χ3n) is 2.83. The van der Waals surface area contributed by atoms with Crippen molar-refractivity contribution in [3.05, 3.63) is 46.8 Å². The molecular formula is C13H12F3N3S. The minimum Gasteiger partial charge on any atom is -0.389 e. The number of hydrogen-bond donors (Lipinski definition) is 1. The molecule has 0 aliphatic rings. The van der Waals surface area contributed by atoms with Gasteiger partial charge in [-0.2, -0.15) is 18.3 Å². The van der Waals surface area contributed by atoms with Crippen molar-refractivity contribution < 1.29 is 13.2 Å². The monoisotopic (exact) mass is 299 g/mol. The Kier molecular flexibility index (Phi) is 3.56. The van der Waals surface area contributed by atoms with E-state index < -0.39 is 11.7 Å². The first-order valence-electron chi connectivity index (χ1n) is 5.75. The van der Waals surface area contributed by atoms with E-state index in [2.05, 4.69) is 5.10 Å². The van der Waals surface area contributed by atoms with Crippen molar-refractivity contribution in [3.8, 4) is 5.69 Å². The van der Waals surface area contributed by atoms with Crippen LogP contribution in [-0.4, -0.2) is 14.8 Å². The highest BCUT2D eigenvalue weighted by molar-refractivity contribution is 7.80. The average Bonchev–Trinajstić information content (AvgIpc) is 2.66. The van der Waals surface area contributed by atoms with Crippen LogP contribution in [0.25, 0.3) is 5.69 Å². The molecule has 2 rings (SSSR count). The van der Waals surface area contributed by atoms with Gasteiger partial charge in [0.05, 0.1) is 16.9 Å². The van der Waals surface area contributed by atoms with E-state index in [-0.39, 0.29) is 10.6 Å². The van der Waals surface area contributed by atoms with E-state index in [4.69, 9.17) is 18.0 Å². The van der Waals surface area contributed by atoms with Gasteiger partial charge in [-0.1, -0.05) is 12.2 Å². The van der Waals surface area contributed by atoms with Crippen LogP contribution in [0.15, 0.2) is 24.3 Å². The van der Waals surface area contributed by atoms with Crippen LogP contribution in [0.4, 0.5) is 13.2 Å². The van der Waals surface area contributed by atoms with E-state index in [0.717, 1.165) is 23.5 Å². The SMILES string of the molecule is Cc1cc(C)n(-c2ccc(C(F)(F)F)cc2C(N)=S)n1. The molecule has 7 heteroatoms. The molecule has 2 aromatic rings. The lowest BCUT2D eigenvalue weighted by molar-refractivity contribution is -0.137. The number of halogens is 3. The highest BCUT2D eigenvalue weighted by Crippen LogP contribution is 2.31. The van der Waals surface area contributed by atoms with Crippen molar-refractivity contribution in [1.29, 1.82) is 0 Å². The molecule has 0 spiro atoms. The number of nitrogens with two attached hydrogens (primary N) is 1. The maximum absolute atomic E-state index is 12.7. The van der Waals surface area contributed by atoms with Crippen LogP contribution >= 0.6 is 12.2 Å². The fraction of sp³-hybridized carbons (Fsp3) is 0.231. The van der Waals surface area contributed by atoms with Crippen molar-refractivity contribution >= 4 is 17.2 Å². The first kappa shape index (κ1) is 14.5. The van der Waals surface area contributed by atoms with E-state index in [0.29, 0.717) is 5.69 Å². The summed E-state index contributed by atoms with van der Waals surface area (Å²) >= 11 is 4.85. The number of aryl methyl sites for hydroxylation is 2. The van der Waals surface area contributed by atoms with Crippen LogP contribution in [0, 0.1) is 13.8 Å². The van der Waals surface area contributed by atoms with E-state index in [1.807, 2.05) is 6.07 Å². The van der Waals surface area contributed by atoms with Gasteiger partial charge in [0.2, 0.25) is 0 Å². The molecule has 20 heavy (non-hydrogen) atoms. The first-order valence-corrected chi connectivity index (χ1v) is 6.15. The summed E-state index contributed by atoms with van der Waals surface area (Å²) in [5, 5.41) is 4.24. The number of hydrogen-bond acceptors (Lipinski definition) is 2. The molecule has 0 saturated heterocycles. The summed E-state index contributed by atoms with van der Waals surface area (Å²) in [4.78, 5) is -0.0985. The predicted octanol–water partition coefficient (Wildman–Crippen LogP) is 3.14. The van der Waals surface area contributed by atoms with Crippen LogP contribution in [0.3, 0.4) is 0 Å². The average molecular weight is 299 g/mol. The van der Waals surface area contributed by atoms with Crippen molar-refractivity contribution in [1.82, 2.24) is 9.78 Å². The van der Waals surface area contributed by atoms with Gasteiger partial charge in [-0.05, 0) is 38.1 Å². The zero-order chi connectivity index (χ0) is 15.1. The zero-order valence-electron chi connectivity index (χ0n) is 10.8. The molecule has 0 saturated carbocycles. The number of alkyl halides is 3. The summed E-state index contributed by atoms with van der Waals surface area (Å²) < 4.78 is 39.8. The molecule has 0 unspecified atom stereocenters. The maximum atomic E-state index is 12.7. The predicted molar refractivity (Wildman–Crippen MR) is 73.9 cm³/mol. The second-order valence-electron chi connectivity index (χ2n) is 4.43. The van der Waals surface area contributed by atoms with Crippen LogP contribution in [0.5, 0.6) is 0 Å². The van der Waals surface area contributed by atoms with Gasteiger partial charge in [-0.25, -0.2) is 4.68 Å². The van der Waals surface area contributed by atoms with E-state index in [1.54, 1.807) is 13.8 Å². The number of thiocarbonyl (C=S) groups is 1. The van der Waals surface area contributed by atoms with Crippen LogP contribution in [-0.2, 0) is 6.18 Å². The molecule has 0 aliphatic heterocycles. The normalized spacial score (nSPS) is 11.7. The molecule has 1 heterocycles. The zero-order valence-corrected chi connectivity index (χ0v) is 11.6. The van der Waals surface area contributed by atoms with Gasteiger partial charge >= 0.3 is 6.18 Å². The Morgan fingerprint density at radius 3 is 2.35 bits per heavy atom. The minimum absolute atomic E-state index is 0.0985. The van der Waals surface area contributed by atoms with Crippen LogP contribution in [0.1, 0.15) is 22.5 Å². The molecule has 1 aromatic carbocycles. The van der Waals surface area contributed by atoms with E-state index in [9.17, 15) is 13.2 Å². The van der Waals surface area contributed by atoms with Gasteiger partial charge in [0.15, 0.2) is 0 Å². The first-order chi connectivity index (χ1) is 9.20. The summed E-state index contributed by atoms with van der Waals surface area (Å²) in [7, 11) is 0. The number of nitrogens with zero attached hydrogens (tertiary/aromatic N) is 2.